The molecule has 0 bridgehead atoms. The van der Waals surface area contributed by atoms with E-state index in [0.717, 1.165) is 11.2 Å². The first-order chi connectivity index (χ1) is 11.6. The van der Waals surface area contributed by atoms with Crippen molar-refractivity contribution >= 4 is 21.6 Å². The molecule has 2 heteroatoms. The molecule has 0 saturated carbocycles. The van der Waals surface area contributed by atoms with Gasteiger partial charge >= 0.3 is 0 Å². The number of nitrogens with zero attached hydrogens (tertiary/aromatic N) is 1. The van der Waals surface area contributed by atoms with Crippen molar-refractivity contribution in [3.8, 4) is 21.7 Å². The molecule has 118 valence electrons. The molecule has 2 aromatic heterocycles. The standard InChI is InChI=1S/C22H19NS/c1-14-4-6-17(7-5-14)22-13-20-21(24-22)9-8-19(23-20)18-11-15(2)10-16(3)12-18/h4-13H,1-3H3. The molecule has 0 radical (unpaired) electrons. The number of hydrogen-bond acceptors (Lipinski definition) is 2. The zero-order valence-electron chi connectivity index (χ0n) is 14.1. The fraction of sp³-hybridized carbons (Fsp3) is 0.136. The average Bonchev–Trinajstić information content (AvgIpc) is 2.97. The Balaban J connectivity index is 1.79. The fourth-order valence-corrected chi connectivity index (χ4v) is 4.07. The van der Waals surface area contributed by atoms with Crippen molar-refractivity contribution in [3.05, 3.63) is 77.4 Å². The highest BCUT2D eigenvalue weighted by atomic mass is 32.1. The minimum absolute atomic E-state index is 1.04. The third kappa shape index (κ3) is 2.85. The second-order valence-electron chi connectivity index (χ2n) is 6.43. The Labute approximate surface area is 146 Å². The highest BCUT2D eigenvalue weighted by Crippen LogP contribution is 2.34. The maximum Gasteiger partial charge on any atom is 0.0823 e. The summed E-state index contributed by atoms with van der Waals surface area (Å²) >= 11 is 1.80. The van der Waals surface area contributed by atoms with Crippen LogP contribution in [-0.4, -0.2) is 4.98 Å². The number of fused-ring (bicyclic) bond motifs is 1. The van der Waals surface area contributed by atoms with Gasteiger partial charge in [0.05, 0.1) is 15.9 Å². The summed E-state index contributed by atoms with van der Waals surface area (Å²) in [5, 5.41) is 0. The van der Waals surface area contributed by atoms with Crippen molar-refractivity contribution in [1.29, 1.82) is 0 Å². The van der Waals surface area contributed by atoms with Crippen molar-refractivity contribution in [1.82, 2.24) is 4.98 Å². The molecule has 0 unspecified atom stereocenters. The second-order valence-corrected chi connectivity index (χ2v) is 7.52. The molecule has 0 fully saturated rings. The summed E-state index contributed by atoms with van der Waals surface area (Å²) in [4.78, 5) is 6.18. The third-order valence-corrected chi connectivity index (χ3v) is 5.37. The fourth-order valence-electron chi connectivity index (χ4n) is 3.07. The molecule has 24 heavy (non-hydrogen) atoms. The maximum absolute atomic E-state index is 4.90. The lowest BCUT2D eigenvalue weighted by atomic mass is 10.0. The molecule has 0 amide bonds. The summed E-state index contributed by atoms with van der Waals surface area (Å²) in [6.45, 7) is 6.39. The van der Waals surface area contributed by atoms with Crippen LogP contribution in [0.2, 0.25) is 0 Å². The summed E-state index contributed by atoms with van der Waals surface area (Å²) in [5.41, 5.74) is 8.41. The van der Waals surface area contributed by atoms with Crippen molar-refractivity contribution in [2.45, 2.75) is 20.8 Å². The van der Waals surface area contributed by atoms with Gasteiger partial charge in [0.15, 0.2) is 0 Å². The zero-order valence-corrected chi connectivity index (χ0v) is 14.9. The van der Waals surface area contributed by atoms with E-state index in [1.807, 2.05) is 0 Å². The predicted octanol–water partition coefficient (Wildman–Crippen LogP) is 6.56. The third-order valence-electron chi connectivity index (χ3n) is 4.23. The van der Waals surface area contributed by atoms with Crippen LogP contribution in [0, 0.1) is 20.8 Å². The number of aryl methyl sites for hydroxylation is 3. The minimum atomic E-state index is 1.04. The summed E-state index contributed by atoms with van der Waals surface area (Å²) in [5.74, 6) is 0. The number of pyridine rings is 1. The van der Waals surface area contributed by atoms with E-state index in [9.17, 15) is 0 Å². The van der Waals surface area contributed by atoms with E-state index in [0.29, 0.717) is 0 Å². The monoisotopic (exact) mass is 329 g/mol. The first-order valence-electron chi connectivity index (χ1n) is 8.15. The Morgan fingerprint density at radius 3 is 2.08 bits per heavy atom. The van der Waals surface area contributed by atoms with Gasteiger partial charge in [-0.2, -0.15) is 0 Å². The highest BCUT2D eigenvalue weighted by molar-refractivity contribution is 7.22. The van der Waals surface area contributed by atoms with Crippen molar-refractivity contribution in [3.63, 3.8) is 0 Å². The van der Waals surface area contributed by atoms with Crippen LogP contribution in [0.1, 0.15) is 16.7 Å². The van der Waals surface area contributed by atoms with Gasteiger partial charge in [0.25, 0.3) is 0 Å². The second kappa shape index (κ2) is 5.88. The molecule has 0 aliphatic rings. The lowest BCUT2D eigenvalue weighted by Crippen LogP contribution is -1.86. The maximum atomic E-state index is 4.90. The van der Waals surface area contributed by atoms with E-state index in [1.54, 1.807) is 11.3 Å². The van der Waals surface area contributed by atoms with Crippen molar-refractivity contribution in [2.24, 2.45) is 0 Å². The van der Waals surface area contributed by atoms with Crippen molar-refractivity contribution in [2.75, 3.05) is 0 Å². The van der Waals surface area contributed by atoms with Gasteiger partial charge in [-0.05, 0) is 56.7 Å². The molecule has 4 rings (SSSR count). The summed E-state index contributed by atoms with van der Waals surface area (Å²) in [6.07, 6.45) is 0. The molecule has 0 spiro atoms. The quantitative estimate of drug-likeness (QED) is 0.406. The number of rotatable bonds is 2. The summed E-state index contributed by atoms with van der Waals surface area (Å²) in [6, 6.07) is 21.8. The normalized spacial score (nSPS) is 11.1. The largest absolute Gasteiger partial charge is 0.247 e. The lowest BCUT2D eigenvalue weighted by Gasteiger charge is -2.04. The Kier molecular flexibility index (Phi) is 3.70. The van der Waals surface area contributed by atoms with E-state index in [2.05, 4.69) is 81.4 Å². The molecule has 0 aliphatic carbocycles. The number of aromatic nitrogens is 1. The van der Waals surface area contributed by atoms with Gasteiger partial charge in [-0.1, -0.05) is 47.0 Å². The van der Waals surface area contributed by atoms with E-state index in [1.165, 1.54) is 37.4 Å². The molecule has 0 atom stereocenters. The topological polar surface area (TPSA) is 12.9 Å². The van der Waals surface area contributed by atoms with Crippen LogP contribution in [-0.2, 0) is 0 Å². The van der Waals surface area contributed by atoms with Crippen LogP contribution in [0.15, 0.2) is 60.7 Å². The van der Waals surface area contributed by atoms with Gasteiger partial charge in [0.1, 0.15) is 0 Å². The van der Waals surface area contributed by atoms with Gasteiger partial charge in [-0.3, -0.25) is 0 Å². The van der Waals surface area contributed by atoms with Gasteiger partial charge in [0, 0.05) is 10.4 Å². The molecule has 2 aromatic carbocycles. The van der Waals surface area contributed by atoms with E-state index in [-0.39, 0.29) is 0 Å². The molecular weight excluding hydrogens is 310 g/mol. The smallest absolute Gasteiger partial charge is 0.0823 e. The number of thiophene rings is 1. The van der Waals surface area contributed by atoms with Crippen LogP contribution < -0.4 is 0 Å². The van der Waals surface area contributed by atoms with Gasteiger partial charge in [-0.15, -0.1) is 11.3 Å². The summed E-state index contributed by atoms with van der Waals surface area (Å²) < 4.78 is 1.23. The molecule has 0 N–H and O–H groups in total. The first-order valence-corrected chi connectivity index (χ1v) is 8.96. The van der Waals surface area contributed by atoms with Gasteiger partial charge in [0.2, 0.25) is 0 Å². The van der Waals surface area contributed by atoms with Crippen LogP contribution in [0.5, 0.6) is 0 Å². The minimum Gasteiger partial charge on any atom is -0.247 e. The predicted molar refractivity (Wildman–Crippen MR) is 105 cm³/mol. The Morgan fingerprint density at radius 2 is 1.38 bits per heavy atom. The first kappa shape index (κ1) is 15.1. The molecular formula is C22H19NS. The average molecular weight is 329 g/mol. The summed E-state index contributed by atoms with van der Waals surface area (Å²) in [7, 11) is 0. The Morgan fingerprint density at radius 1 is 0.667 bits per heavy atom. The molecule has 1 nitrogen and oxygen atoms in total. The van der Waals surface area contributed by atoms with Crippen LogP contribution in [0.4, 0.5) is 0 Å². The number of hydrogen-bond donors (Lipinski definition) is 0. The van der Waals surface area contributed by atoms with E-state index < -0.39 is 0 Å². The van der Waals surface area contributed by atoms with Crippen LogP contribution >= 0.6 is 11.3 Å². The Hall–Kier alpha value is -2.45. The molecule has 2 heterocycles. The zero-order chi connectivity index (χ0) is 16.7. The van der Waals surface area contributed by atoms with Crippen LogP contribution in [0.25, 0.3) is 31.9 Å². The SMILES string of the molecule is Cc1ccc(-c2cc3nc(-c4cc(C)cc(C)c4)ccc3s2)cc1. The van der Waals surface area contributed by atoms with Crippen molar-refractivity contribution < 1.29 is 0 Å². The van der Waals surface area contributed by atoms with Gasteiger partial charge < -0.3 is 0 Å². The van der Waals surface area contributed by atoms with Crippen LogP contribution in [0.3, 0.4) is 0 Å². The Bertz CT molecular complexity index is 1010. The highest BCUT2D eigenvalue weighted by Gasteiger charge is 2.08. The number of benzene rings is 2. The molecule has 0 aliphatic heterocycles. The molecule has 4 aromatic rings. The molecule has 0 saturated heterocycles. The lowest BCUT2D eigenvalue weighted by molar-refractivity contribution is 1.35. The van der Waals surface area contributed by atoms with Gasteiger partial charge in [-0.25, -0.2) is 4.98 Å². The van der Waals surface area contributed by atoms with E-state index >= 15 is 0 Å². The van der Waals surface area contributed by atoms with E-state index in [4.69, 9.17) is 4.98 Å².